The summed E-state index contributed by atoms with van der Waals surface area (Å²) in [4.78, 5) is 10.8. The van der Waals surface area contributed by atoms with Crippen LogP contribution in [0.2, 0.25) is 0 Å². The fourth-order valence-corrected chi connectivity index (χ4v) is 8.11. The van der Waals surface area contributed by atoms with E-state index < -0.39 is 0 Å². The molecule has 0 radical (unpaired) electrons. The molecule has 10 rings (SSSR count). The molecule has 8 aromatic carbocycles. The third kappa shape index (κ3) is 5.64. The van der Waals surface area contributed by atoms with E-state index in [0.717, 1.165) is 66.1 Å². The van der Waals surface area contributed by atoms with E-state index in [1.54, 1.807) is 0 Å². The van der Waals surface area contributed by atoms with Gasteiger partial charge in [-0.3, -0.25) is 0 Å². The summed E-state index contributed by atoms with van der Waals surface area (Å²) in [7, 11) is 0. The monoisotopic (exact) mass is 696 g/mol. The lowest BCUT2D eigenvalue weighted by molar-refractivity contribution is 0.197. The standard InChI is InChI=1S/C50H36N2O2/c1-5-19-35(20-6-1)45-47(37-23-9-3-10-24-37)53-49(51-45)41-31-29-33-17-13-15-27-39(33)43(41)44-40-28-16-14-18-34(40)30-32-42(44)50-52-46(36-21-7-2-8-22-36)48(54-50)38-25-11-4-12-26-38/h1-32,45-48H/t45-,46-,47+,48+/m1/s1. The highest BCUT2D eigenvalue weighted by atomic mass is 16.5. The zero-order valence-electron chi connectivity index (χ0n) is 29.5. The lowest BCUT2D eigenvalue weighted by Gasteiger charge is -2.21. The summed E-state index contributed by atoms with van der Waals surface area (Å²) < 4.78 is 14.1. The van der Waals surface area contributed by atoms with Crippen LogP contribution in [0.1, 0.15) is 57.7 Å². The fraction of sp³-hybridized carbons (Fsp3) is 0.0800. The van der Waals surface area contributed by atoms with Gasteiger partial charge in [0, 0.05) is 22.3 Å². The third-order valence-corrected chi connectivity index (χ3v) is 10.7. The van der Waals surface area contributed by atoms with E-state index in [2.05, 4.69) is 170 Å². The molecule has 0 fully saturated rings. The predicted molar refractivity (Wildman–Crippen MR) is 219 cm³/mol. The number of aliphatic imine (C=N–C) groups is 2. The minimum atomic E-state index is -0.282. The van der Waals surface area contributed by atoms with Crippen LogP contribution in [0, 0.1) is 0 Å². The zero-order chi connectivity index (χ0) is 35.8. The molecular formula is C50H36N2O2. The van der Waals surface area contributed by atoms with E-state index in [9.17, 15) is 0 Å². The second kappa shape index (κ2) is 13.6. The number of hydrogen-bond acceptors (Lipinski definition) is 4. The van der Waals surface area contributed by atoms with Gasteiger partial charge in [0.05, 0.1) is 0 Å². The van der Waals surface area contributed by atoms with Crippen LogP contribution in [0.4, 0.5) is 0 Å². The van der Waals surface area contributed by atoms with Crippen molar-refractivity contribution in [1.82, 2.24) is 0 Å². The van der Waals surface area contributed by atoms with Gasteiger partial charge >= 0.3 is 0 Å². The molecule has 2 heterocycles. The molecule has 0 N–H and O–H groups in total. The summed E-state index contributed by atoms with van der Waals surface area (Å²) in [5.74, 6) is 1.24. The van der Waals surface area contributed by atoms with Crippen molar-refractivity contribution in [2.75, 3.05) is 0 Å². The zero-order valence-corrected chi connectivity index (χ0v) is 29.5. The summed E-state index contributed by atoms with van der Waals surface area (Å²) in [6.45, 7) is 0. The van der Waals surface area contributed by atoms with E-state index in [0.29, 0.717) is 11.8 Å². The topological polar surface area (TPSA) is 43.2 Å². The molecule has 4 atom stereocenters. The molecule has 0 amide bonds. The van der Waals surface area contributed by atoms with Crippen molar-refractivity contribution in [3.63, 3.8) is 0 Å². The second-order valence-corrected chi connectivity index (χ2v) is 13.9. The van der Waals surface area contributed by atoms with E-state index in [4.69, 9.17) is 19.5 Å². The maximum atomic E-state index is 7.03. The molecule has 258 valence electrons. The molecule has 2 aliphatic rings. The molecule has 0 saturated carbocycles. The molecule has 0 saturated heterocycles. The van der Waals surface area contributed by atoms with E-state index in [-0.39, 0.29) is 24.3 Å². The number of ether oxygens (including phenoxy) is 2. The van der Waals surface area contributed by atoms with Crippen LogP contribution in [0.5, 0.6) is 0 Å². The number of rotatable bonds is 7. The van der Waals surface area contributed by atoms with Crippen LogP contribution in [0.15, 0.2) is 204 Å². The smallest absolute Gasteiger partial charge is 0.218 e. The molecule has 4 nitrogen and oxygen atoms in total. The first kappa shape index (κ1) is 31.9. The van der Waals surface area contributed by atoms with Crippen molar-refractivity contribution < 1.29 is 9.47 Å². The largest absolute Gasteiger partial charge is 0.467 e. The van der Waals surface area contributed by atoms with Crippen LogP contribution in [0.25, 0.3) is 32.7 Å². The van der Waals surface area contributed by atoms with E-state index in [1.165, 1.54) is 0 Å². The Morgan fingerprint density at radius 2 is 0.648 bits per heavy atom. The SMILES string of the molecule is c1ccc([C@H]2N=C(c3ccc4ccccc4c3-c3c(C4=N[C@H](c5ccccc5)[C@H](c5ccccc5)O4)ccc4ccccc34)O[C@H]2c2ccccc2)cc1. The fourth-order valence-electron chi connectivity index (χ4n) is 8.11. The minimum absolute atomic E-state index is 0.212. The Hall–Kier alpha value is -6.78. The van der Waals surface area contributed by atoms with Gasteiger partial charge in [0.2, 0.25) is 11.8 Å². The molecule has 0 spiro atoms. The highest BCUT2D eigenvalue weighted by molar-refractivity contribution is 6.19. The average Bonchev–Trinajstić information content (AvgIpc) is 3.91. The Kier molecular flexibility index (Phi) is 8.07. The van der Waals surface area contributed by atoms with Gasteiger partial charge in [-0.2, -0.15) is 0 Å². The van der Waals surface area contributed by atoms with Crippen LogP contribution >= 0.6 is 0 Å². The van der Waals surface area contributed by atoms with Gasteiger partial charge in [0.15, 0.2) is 12.2 Å². The van der Waals surface area contributed by atoms with E-state index >= 15 is 0 Å². The summed E-state index contributed by atoms with van der Waals surface area (Å²) in [5.41, 5.74) is 8.36. The number of hydrogen-bond donors (Lipinski definition) is 0. The molecule has 0 unspecified atom stereocenters. The molecule has 0 aliphatic carbocycles. The number of nitrogens with zero attached hydrogens (tertiary/aromatic N) is 2. The molecule has 0 bridgehead atoms. The van der Waals surface area contributed by atoms with Crippen molar-refractivity contribution >= 4 is 33.3 Å². The maximum absolute atomic E-state index is 7.03. The Morgan fingerprint density at radius 3 is 1.04 bits per heavy atom. The normalized spacial score (nSPS) is 19.3. The highest BCUT2D eigenvalue weighted by Gasteiger charge is 2.38. The second-order valence-electron chi connectivity index (χ2n) is 13.9. The third-order valence-electron chi connectivity index (χ3n) is 10.7. The van der Waals surface area contributed by atoms with Crippen LogP contribution in [-0.2, 0) is 9.47 Å². The Bertz CT molecular complexity index is 2490. The van der Waals surface area contributed by atoms with Gasteiger partial charge in [-0.1, -0.05) is 182 Å². The van der Waals surface area contributed by atoms with Crippen molar-refractivity contribution in [2.24, 2.45) is 9.98 Å². The summed E-state index contributed by atoms with van der Waals surface area (Å²) in [5, 5.41) is 4.48. The van der Waals surface area contributed by atoms with E-state index in [1.807, 2.05) is 24.3 Å². The highest BCUT2D eigenvalue weighted by Crippen LogP contribution is 2.47. The summed E-state index contributed by atoms with van der Waals surface area (Å²) in [6.07, 6.45) is -0.564. The first-order chi connectivity index (χ1) is 26.8. The van der Waals surface area contributed by atoms with Gasteiger partial charge in [0.25, 0.3) is 0 Å². The van der Waals surface area contributed by atoms with Crippen LogP contribution < -0.4 is 0 Å². The van der Waals surface area contributed by atoms with Gasteiger partial charge in [-0.25, -0.2) is 9.98 Å². The first-order valence-electron chi connectivity index (χ1n) is 18.5. The average molecular weight is 697 g/mol. The van der Waals surface area contributed by atoms with Gasteiger partial charge in [0.1, 0.15) is 12.1 Å². The lowest BCUT2D eigenvalue weighted by Crippen LogP contribution is -2.12. The van der Waals surface area contributed by atoms with Crippen molar-refractivity contribution in [1.29, 1.82) is 0 Å². The van der Waals surface area contributed by atoms with Gasteiger partial charge in [-0.15, -0.1) is 0 Å². The van der Waals surface area contributed by atoms with Crippen molar-refractivity contribution in [3.8, 4) is 11.1 Å². The van der Waals surface area contributed by atoms with Gasteiger partial charge in [-0.05, 0) is 55.9 Å². The van der Waals surface area contributed by atoms with Crippen molar-refractivity contribution in [2.45, 2.75) is 24.3 Å². The first-order valence-corrected chi connectivity index (χ1v) is 18.5. The summed E-state index contributed by atoms with van der Waals surface area (Å²) >= 11 is 0. The Morgan fingerprint density at radius 1 is 0.315 bits per heavy atom. The Labute approximate surface area is 314 Å². The molecular weight excluding hydrogens is 661 g/mol. The Balaban J connectivity index is 1.21. The number of benzene rings is 8. The lowest BCUT2D eigenvalue weighted by atomic mass is 9.87. The van der Waals surface area contributed by atoms with Crippen LogP contribution in [-0.4, -0.2) is 11.8 Å². The van der Waals surface area contributed by atoms with Crippen LogP contribution in [0.3, 0.4) is 0 Å². The molecule has 2 aliphatic heterocycles. The quantitative estimate of drug-likeness (QED) is 0.166. The number of fused-ring (bicyclic) bond motifs is 2. The molecule has 4 heteroatoms. The maximum Gasteiger partial charge on any atom is 0.218 e. The molecule has 0 aromatic heterocycles. The molecule has 8 aromatic rings. The van der Waals surface area contributed by atoms with Crippen molar-refractivity contribution in [3.05, 3.63) is 228 Å². The van der Waals surface area contributed by atoms with Gasteiger partial charge < -0.3 is 9.47 Å². The molecule has 54 heavy (non-hydrogen) atoms. The summed E-state index contributed by atoms with van der Waals surface area (Å²) in [6, 6.07) is 67.2. The predicted octanol–water partition coefficient (Wildman–Crippen LogP) is 12.2. The minimum Gasteiger partial charge on any atom is -0.467 e.